The molecule has 0 unspecified atom stereocenters. The van der Waals surface area contributed by atoms with Crippen molar-refractivity contribution < 1.29 is 9.32 Å². The van der Waals surface area contributed by atoms with Crippen LogP contribution in [0.4, 0.5) is 0 Å². The van der Waals surface area contributed by atoms with E-state index in [0.717, 1.165) is 22.9 Å². The summed E-state index contributed by atoms with van der Waals surface area (Å²) >= 11 is 0. The van der Waals surface area contributed by atoms with Crippen molar-refractivity contribution in [3.8, 4) is 0 Å². The third-order valence-electron chi connectivity index (χ3n) is 5.18. The molecular weight excluding hydrogens is 384 g/mol. The van der Waals surface area contributed by atoms with Gasteiger partial charge in [-0.1, -0.05) is 23.7 Å². The number of hydrogen-bond donors (Lipinski definition) is 1. The molecule has 0 spiro atoms. The van der Waals surface area contributed by atoms with Gasteiger partial charge in [0.05, 0.1) is 11.8 Å². The lowest BCUT2D eigenvalue weighted by Gasteiger charge is -2.13. The number of hydrogen-bond acceptors (Lipinski definition) is 6. The summed E-state index contributed by atoms with van der Waals surface area (Å²) in [5, 5.41) is 7.57. The monoisotopic (exact) mass is 408 g/mol. The van der Waals surface area contributed by atoms with Crippen LogP contribution < -0.4 is 10.9 Å². The Kier molecular flexibility index (Phi) is 5.11. The number of nitrogens with zero attached hydrogens (tertiary/aromatic N) is 5. The molecule has 0 saturated heterocycles. The number of rotatable bonds is 6. The Hall–Kier alpha value is -3.49. The summed E-state index contributed by atoms with van der Waals surface area (Å²) in [6, 6.07) is 5.93. The molecule has 1 amide bonds. The molecule has 0 aliphatic rings. The number of nitrogens with one attached hydrogen (secondary N) is 1. The lowest BCUT2D eigenvalue weighted by molar-refractivity contribution is -0.122. The van der Waals surface area contributed by atoms with Gasteiger partial charge in [0.25, 0.3) is 5.56 Å². The molecule has 3 heterocycles. The summed E-state index contributed by atoms with van der Waals surface area (Å²) < 4.78 is 8.30. The van der Waals surface area contributed by atoms with E-state index in [4.69, 9.17) is 4.52 Å². The molecule has 0 aliphatic carbocycles. The Balaban J connectivity index is 1.86. The molecule has 0 bridgehead atoms. The van der Waals surface area contributed by atoms with E-state index in [1.807, 2.05) is 39.0 Å². The summed E-state index contributed by atoms with van der Waals surface area (Å²) in [7, 11) is 0. The number of carbonyl (C=O) groups excluding carboxylic acids is 1. The molecule has 9 nitrogen and oxygen atoms in total. The van der Waals surface area contributed by atoms with Gasteiger partial charge in [0.2, 0.25) is 11.8 Å². The maximum atomic E-state index is 13.4. The van der Waals surface area contributed by atoms with Crippen LogP contribution in [0.1, 0.15) is 37.5 Å². The molecule has 1 N–H and O–H groups in total. The highest BCUT2D eigenvalue weighted by Crippen LogP contribution is 2.26. The molecule has 3 aromatic heterocycles. The number of carbonyl (C=O) groups is 1. The largest absolute Gasteiger partial charge is 0.352 e. The first-order valence-electron chi connectivity index (χ1n) is 9.94. The van der Waals surface area contributed by atoms with Crippen molar-refractivity contribution in [3.05, 3.63) is 52.2 Å². The van der Waals surface area contributed by atoms with E-state index in [9.17, 15) is 9.59 Å². The van der Waals surface area contributed by atoms with Gasteiger partial charge < -0.3 is 14.4 Å². The first-order chi connectivity index (χ1) is 14.4. The van der Waals surface area contributed by atoms with Gasteiger partial charge in [0, 0.05) is 11.4 Å². The Bertz CT molecular complexity index is 1300. The van der Waals surface area contributed by atoms with E-state index in [1.54, 1.807) is 11.5 Å². The average Bonchev–Trinajstić information content (AvgIpc) is 3.25. The first-order valence-corrected chi connectivity index (χ1v) is 9.94. The molecule has 0 aliphatic heterocycles. The van der Waals surface area contributed by atoms with Gasteiger partial charge in [0.1, 0.15) is 24.1 Å². The number of fused-ring (bicyclic) bond motifs is 3. The maximum absolute atomic E-state index is 13.4. The second-order valence-corrected chi connectivity index (χ2v) is 7.59. The predicted octanol–water partition coefficient (Wildman–Crippen LogP) is 2.31. The highest BCUT2D eigenvalue weighted by Gasteiger charge is 2.19. The van der Waals surface area contributed by atoms with Crippen LogP contribution in [0.15, 0.2) is 33.8 Å². The first kappa shape index (κ1) is 19.8. The fraction of sp³-hybridized carbons (Fsp3) is 0.381. The average molecular weight is 408 g/mol. The molecule has 30 heavy (non-hydrogen) atoms. The number of benzene rings is 1. The third kappa shape index (κ3) is 3.58. The Morgan fingerprint density at radius 1 is 1.30 bits per heavy atom. The molecule has 0 fully saturated rings. The minimum Gasteiger partial charge on any atom is -0.352 e. The van der Waals surface area contributed by atoms with Gasteiger partial charge in [-0.05, 0) is 39.3 Å². The van der Waals surface area contributed by atoms with E-state index in [0.29, 0.717) is 22.7 Å². The third-order valence-corrected chi connectivity index (χ3v) is 5.18. The summed E-state index contributed by atoms with van der Waals surface area (Å²) in [5.74, 6) is 0.674. The van der Waals surface area contributed by atoms with Crippen LogP contribution in [-0.2, 0) is 17.9 Å². The molecule has 0 radical (unpaired) electrons. The van der Waals surface area contributed by atoms with Crippen LogP contribution in [0.5, 0.6) is 0 Å². The fourth-order valence-electron chi connectivity index (χ4n) is 3.51. The van der Waals surface area contributed by atoms with E-state index in [2.05, 4.69) is 20.4 Å². The van der Waals surface area contributed by atoms with E-state index in [-0.39, 0.29) is 30.6 Å². The number of amides is 1. The molecular formula is C21H24N6O3. The predicted molar refractivity (Wildman–Crippen MR) is 112 cm³/mol. The quantitative estimate of drug-likeness (QED) is 0.525. The minimum absolute atomic E-state index is 0.0357. The zero-order valence-corrected chi connectivity index (χ0v) is 17.5. The van der Waals surface area contributed by atoms with Crippen molar-refractivity contribution in [2.24, 2.45) is 0 Å². The van der Waals surface area contributed by atoms with Crippen LogP contribution in [0.2, 0.25) is 0 Å². The second kappa shape index (κ2) is 7.74. The second-order valence-electron chi connectivity index (χ2n) is 7.59. The van der Waals surface area contributed by atoms with Gasteiger partial charge in [0.15, 0.2) is 5.82 Å². The molecule has 9 heteroatoms. The number of aromatic nitrogens is 5. The zero-order chi connectivity index (χ0) is 21.4. The topological polar surface area (TPSA) is 108 Å². The van der Waals surface area contributed by atoms with Crippen molar-refractivity contribution in [1.29, 1.82) is 0 Å². The maximum Gasteiger partial charge on any atom is 0.278 e. The SMILES string of the molecule is CC[C@@H](C)NC(=O)Cn1c2ccc(C)cc2c2ncn(Cc3nc(C)no3)c(=O)c21. The van der Waals surface area contributed by atoms with Crippen molar-refractivity contribution in [3.63, 3.8) is 0 Å². The van der Waals surface area contributed by atoms with E-state index in [1.165, 1.54) is 10.9 Å². The zero-order valence-electron chi connectivity index (χ0n) is 17.5. The highest BCUT2D eigenvalue weighted by atomic mass is 16.5. The molecule has 4 aromatic rings. The summed E-state index contributed by atoms with van der Waals surface area (Å²) in [6.45, 7) is 7.81. The molecule has 4 rings (SSSR count). The lowest BCUT2D eigenvalue weighted by Crippen LogP contribution is -2.35. The van der Waals surface area contributed by atoms with Gasteiger partial charge >= 0.3 is 0 Å². The normalized spacial score (nSPS) is 12.5. The number of aryl methyl sites for hydroxylation is 2. The standard InChI is InChI=1S/C21H24N6O3/c1-5-13(3)23-17(28)9-27-16-7-6-12(2)8-15(16)19-20(27)21(29)26(11-22-19)10-18-24-14(4)25-30-18/h6-8,11,13H,5,9-10H2,1-4H3,(H,23,28)/t13-/m1/s1. The van der Waals surface area contributed by atoms with Crippen LogP contribution in [0.25, 0.3) is 21.9 Å². The Morgan fingerprint density at radius 2 is 2.10 bits per heavy atom. The van der Waals surface area contributed by atoms with Gasteiger partial charge in [-0.15, -0.1) is 0 Å². The van der Waals surface area contributed by atoms with Crippen molar-refractivity contribution in [2.75, 3.05) is 0 Å². The van der Waals surface area contributed by atoms with Crippen LogP contribution in [-0.4, -0.2) is 36.2 Å². The van der Waals surface area contributed by atoms with E-state index >= 15 is 0 Å². The highest BCUT2D eigenvalue weighted by molar-refractivity contribution is 6.06. The minimum atomic E-state index is -0.263. The van der Waals surface area contributed by atoms with Gasteiger partial charge in [-0.2, -0.15) is 4.98 Å². The molecule has 1 atom stereocenters. The summed E-state index contributed by atoms with van der Waals surface area (Å²) in [6.07, 6.45) is 2.31. The van der Waals surface area contributed by atoms with Crippen molar-refractivity contribution in [1.82, 2.24) is 29.6 Å². The summed E-state index contributed by atoms with van der Waals surface area (Å²) in [4.78, 5) is 34.7. The van der Waals surface area contributed by atoms with Crippen LogP contribution in [0.3, 0.4) is 0 Å². The van der Waals surface area contributed by atoms with Gasteiger partial charge in [-0.3, -0.25) is 14.2 Å². The molecule has 156 valence electrons. The van der Waals surface area contributed by atoms with Gasteiger partial charge in [-0.25, -0.2) is 4.98 Å². The Morgan fingerprint density at radius 3 is 2.80 bits per heavy atom. The smallest absolute Gasteiger partial charge is 0.278 e. The van der Waals surface area contributed by atoms with Crippen LogP contribution in [0, 0.1) is 13.8 Å². The Labute approximate surface area is 172 Å². The molecule has 0 saturated carbocycles. The van der Waals surface area contributed by atoms with Crippen molar-refractivity contribution >= 4 is 27.8 Å². The summed E-state index contributed by atoms with van der Waals surface area (Å²) in [5.41, 5.74) is 2.55. The van der Waals surface area contributed by atoms with Crippen LogP contribution >= 0.6 is 0 Å². The van der Waals surface area contributed by atoms with Crippen molar-refractivity contribution in [2.45, 2.75) is 53.2 Å². The van der Waals surface area contributed by atoms with E-state index < -0.39 is 0 Å². The molecule has 1 aromatic carbocycles. The lowest BCUT2D eigenvalue weighted by atomic mass is 10.1. The fourth-order valence-corrected chi connectivity index (χ4v) is 3.51.